The van der Waals surface area contributed by atoms with Gasteiger partial charge in [-0.2, -0.15) is 0 Å². The third-order valence-electron chi connectivity index (χ3n) is 5.29. The minimum atomic E-state index is -0.245. The van der Waals surface area contributed by atoms with Gasteiger partial charge in [-0.25, -0.2) is 0 Å². The number of hydrogen-bond donors (Lipinski definition) is 2. The number of rotatable bonds is 7. The lowest BCUT2D eigenvalue weighted by Gasteiger charge is -2.14. The minimum absolute atomic E-state index is 0.245. The molecule has 0 saturated heterocycles. The van der Waals surface area contributed by atoms with Crippen LogP contribution in [0.5, 0.6) is 0 Å². The molecule has 5 heteroatoms. The van der Waals surface area contributed by atoms with Gasteiger partial charge in [-0.15, -0.1) is 0 Å². The Kier molecular flexibility index (Phi) is 8.07. The second-order valence-corrected chi connectivity index (χ2v) is 7.92. The number of fused-ring (bicyclic) bond motifs is 1. The topological polar surface area (TPSA) is 68.0 Å². The smallest absolute Gasteiger partial charge is 0.217 e. The molecule has 0 aliphatic heterocycles. The number of primary amides is 1. The molecule has 4 nitrogen and oxygen atoms in total. The van der Waals surface area contributed by atoms with Gasteiger partial charge in [0, 0.05) is 34.1 Å². The highest BCUT2D eigenvalue weighted by molar-refractivity contribution is 6.30. The van der Waals surface area contributed by atoms with Crippen LogP contribution in [0.2, 0.25) is 5.02 Å². The average Bonchev–Trinajstić information content (AvgIpc) is 3.25. The fraction of sp³-hybridized carbons (Fsp3) is 0.308. The van der Waals surface area contributed by atoms with Gasteiger partial charge in [-0.3, -0.25) is 9.78 Å². The van der Waals surface area contributed by atoms with Gasteiger partial charge in [-0.1, -0.05) is 49.7 Å². The summed E-state index contributed by atoms with van der Waals surface area (Å²) in [6, 6.07) is 18.3. The quantitative estimate of drug-likeness (QED) is 0.447. The van der Waals surface area contributed by atoms with E-state index in [1.54, 1.807) is 0 Å². The predicted molar refractivity (Wildman–Crippen MR) is 130 cm³/mol. The van der Waals surface area contributed by atoms with Gasteiger partial charge in [0.1, 0.15) is 0 Å². The molecule has 3 aromatic rings. The fourth-order valence-electron chi connectivity index (χ4n) is 3.83. The molecule has 0 spiro atoms. The maximum absolute atomic E-state index is 10.9. The first kappa shape index (κ1) is 22.8. The molecular weight excluding hydrogens is 406 g/mol. The van der Waals surface area contributed by atoms with Crippen molar-refractivity contribution in [3.8, 4) is 11.3 Å². The number of carbonyl (C=O) groups is 1. The van der Waals surface area contributed by atoms with Gasteiger partial charge >= 0.3 is 0 Å². The van der Waals surface area contributed by atoms with Crippen molar-refractivity contribution in [1.82, 2.24) is 4.98 Å². The van der Waals surface area contributed by atoms with Crippen LogP contribution in [0.1, 0.15) is 49.9 Å². The van der Waals surface area contributed by atoms with Crippen LogP contribution < -0.4 is 11.1 Å². The molecule has 1 aliphatic carbocycles. The van der Waals surface area contributed by atoms with Gasteiger partial charge in [0.15, 0.2) is 0 Å². The van der Waals surface area contributed by atoms with Gasteiger partial charge in [-0.05, 0) is 73.6 Å². The van der Waals surface area contributed by atoms with Crippen molar-refractivity contribution in [2.45, 2.75) is 52.4 Å². The molecule has 1 heterocycles. The Morgan fingerprint density at radius 1 is 1.10 bits per heavy atom. The van der Waals surface area contributed by atoms with Crippen molar-refractivity contribution in [3.63, 3.8) is 0 Å². The molecule has 0 unspecified atom stereocenters. The van der Waals surface area contributed by atoms with E-state index < -0.39 is 0 Å². The van der Waals surface area contributed by atoms with Crippen LogP contribution >= 0.6 is 11.6 Å². The lowest BCUT2D eigenvalue weighted by Crippen LogP contribution is -2.10. The van der Waals surface area contributed by atoms with Gasteiger partial charge in [0.2, 0.25) is 5.91 Å². The van der Waals surface area contributed by atoms with E-state index in [1.807, 2.05) is 38.1 Å². The monoisotopic (exact) mass is 435 g/mol. The highest BCUT2D eigenvalue weighted by Crippen LogP contribution is 2.34. The summed E-state index contributed by atoms with van der Waals surface area (Å²) < 4.78 is 0. The molecule has 1 aliphatic rings. The number of amides is 1. The Balaban J connectivity index is 0.00000132. The third-order valence-corrected chi connectivity index (χ3v) is 5.53. The molecule has 0 bridgehead atoms. The van der Waals surface area contributed by atoms with Crippen LogP contribution in [0.4, 0.5) is 11.4 Å². The first-order valence-corrected chi connectivity index (χ1v) is 11.4. The van der Waals surface area contributed by atoms with E-state index in [1.165, 1.54) is 16.8 Å². The number of halogens is 1. The normalized spacial score (nSPS) is 12.0. The zero-order chi connectivity index (χ0) is 22.2. The summed E-state index contributed by atoms with van der Waals surface area (Å²) in [6.45, 7) is 4.00. The van der Waals surface area contributed by atoms with Crippen molar-refractivity contribution in [3.05, 3.63) is 76.4 Å². The number of anilines is 2. The minimum Gasteiger partial charge on any atom is -0.370 e. The number of nitrogens with one attached hydrogen (secondary N) is 1. The highest BCUT2D eigenvalue weighted by Gasteiger charge is 2.19. The van der Waals surface area contributed by atoms with Crippen LogP contribution in [0.15, 0.2) is 54.6 Å². The Morgan fingerprint density at radius 2 is 1.87 bits per heavy atom. The second kappa shape index (κ2) is 11.0. The molecule has 1 amide bonds. The molecule has 0 saturated carbocycles. The van der Waals surface area contributed by atoms with Gasteiger partial charge in [0.25, 0.3) is 0 Å². The van der Waals surface area contributed by atoms with Crippen LogP contribution in [0.3, 0.4) is 0 Å². The summed E-state index contributed by atoms with van der Waals surface area (Å²) in [6.07, 6.45) is 5.25. The maximum atomic E-state index is 10.9. The number of hydrogen-bond acceptors (Lipinski definition) is 3. The number of benzene rings is 2. The molecule has 0 atom stereocenters. The Labute approximate surface area is 189 Å². The number of aryl methyl sites for hydroxylation is 2. The number of nitrogens with zero attached hydrogens (tertiary/aromatic N) is 1. The molecule has 162 valence electrons. The fourth-order valence-corrected chi connectivity index (χ4v) is 4.02. The first-order valence-electron chi connectivity index (χ1n) is 11.0. The molecule has 2 aromatic carbocycles. The Hall–Kier alpha value is -2.85. The Bertz CT molecular complexity index is 1030. The van der Waals surface area contributed by atoms with Gasteiger partial charge < -0.3 is 11.1 Å². The summed E-state index contributed by atoms with van der Waals surface area (Å²) in [7, 11) is 0. The predicted octanol–water partition coefficient (Wildman–Crippen LogP) is 6.47. The van der Waals surface area contributed by atoms with Crippen LogP contribution in [-0.4, -0.2) is 10.9 Å². The summed E-state index contributed by atoms with van der Waals surface area (Å²) in [4.78, 5) is 15.8. The van der Waals surface area contributed by atoms with Crippen LogP contribution in [0, 0.1) is 0 Å². The summed E-state index contributed by atoms with van der Waals surface area (Å²) in [5.41, 5.74) is 13.0. The standard InChI is InChI=1S/C24H24ClN3O.C2H6/c25-18-6-2-5-17(14-18)22-15-23(20-7-3-8-21(20)28-22)27-19-12-10-16(11-13-19)4-1-9-24(26)29;1-2/h2,5-6,10-15H,1,3-4,7-9H2,(H2,26,29)(H,27,28);1-2H3. The van der Waals surface area contributed by atoms with Crippen molar-refractivity contribution in [1.29, 1.82) is 0 Å². The molecule has 31 heavy (non-hydrogen) atoms. The van der Waals surface area contributed by atoms with Gasteiger partial charge in [0.05, 0.1) is 5.69 Å². The molecule has 0 radical (unpaired) electrons. The van der Waals surface area contributed by atoms with E-state index in [0.29, 0.717) is 11.4 Å². The lowest BCUT2D eigenvalue weighted by atomic mass is 10.1. The van der Waals surface area contributed by atoms with E-state index in [2.05, 4.69) is 35.6 Å². The summed E-state index contributed by atoms with van der Waals surface area (Å²) >= 11 is 6.18. The van der Waals surface area contributed by atoms with Crippen molar-refractivity contribution in [2.24, 2.45) is 5.73 Å². The van der Waals surface area contributed by atoms with Crippen molar-refractivity contribution in [2.75, 3.05) is 5.32 Å². The van der Waals surface area contributed by atoms with E-state index in [9.17, 15) is 4.79 Å². The highest BCUT2D eigenvalue weighted by atomic mass is 35.5. The summed E-state index contributed by atoms with van der Waals surface area (Å²) in [5, 5.41) is 4.30. The SMILES string of the molecule is CC.NC(=O)CCCc1ccc(Nc2cc(-c3cccc(Cl)c3)nc3c2CCC3)cc1. The second-order valence-electron chi connectivity index (χ2n) is 7.49. The molecule has 0 fully saturated rings. The van der Waals surface area contributed by atoms with Crippen molar-refractivity contribution >= 4 is 28.9 Å². The first-order chi connectivity index (χ1) is 15.1. The van der Waals surface area contributed by atoms with E-state index in [-0.39, 0.29) is 5.91 Å². The van der Waals surface area contributed by atoms with Crippen molar-refractivity contribution < 1.29 is 4.79 Å². The lowest BCUT2D eigenvalue weighted by molar-refractivity contribution is -0.118. The molecule has 1 aromatic heterocycles. The average molecular weight is 436 g/mol. The number of pyridine rings is 1. The Morgan fingerprint density at radius 3 is 2.58 bits per heavy atom. The van der Waals surface area contributed by atoms with E-state index >= 15 is 0 Å². The molecular formula is C26H30ClN3O. The third kappa shape index (κ3) is 6.08. The van der Waals surface area contributed by atoms with E-state index in [0.717, 1.165) is 54.7 Å². The largest absolute Gasteiger partial charge is 0.370 e. The zero-order valence-corrected chi connectivity index (χ0v) is 19.0. The molecule has 4 rings (SSSR count). The zero-order valence-electron chi connectivity index (χ0n) is 18.2. The maximum Gasteiger partial charge on any atom is 0.217 e. The van der Waals surface area contributed by atoms with Crippen LogP contribution in [0.25, 0.3) is 11.3 Å². The van der Waals surface area contributed by atoms with Crippen LogP contribution in [-0.2, 0) is 24.1 Å². The number of aromatic nitrogens is 1. The molecule has 3 N–H and O–H groups in total. The summed E-state index contributed by atoms with van der Waals surface area (Å²) in [5.74, 6) is -0.245. The number of carbonyl (C=O) groups excluding carboxylic acids is 1. The van der Waals surface area contributed by atoms with E-state index in [4.69, 9.17) is 22.3 Å². The number of nitrogens with two attached hydrogens (primary N) is 1.